The minimum Gasteiger partial charge on any atom is -0.364 e. The van der Waals surface area contributed by atoms with Gasteiger partial charge in [0.25, 0.3) is 5.91 Å². The lowest BCUT2D eigenvalue weighted by atomic mass is 9.68. The Morgan fingerprint density at radius 1 is 1.19 bits per heavy atom. The molecule has 32 heavy (non-hydrogen) atoms. The predicted molar refractivity (Wildman–Crippen MR) is 120 cm³/mol. The molecule has 1 saturated carbocycles. The fourth-order valence-corrected chi connectivity index (χ4v) is 5.20. The molecule has 1 aliphatic carbocycles. The number of rotatable bonds is 4. The van der Waals surface area contributed by atoms with E-state index in [0.717, 1.165) is 30.5 Å². The second-order valence-corrected chi connectivity index (χ2v) is 9.19. The van der Waals surface area contributed by atoms with E-state index >= 15 is 0 Å². The van der Waals surface area contributed by atoms with Crippen LogP contribution in [0, 0.1) is 17.6 Å². The number of nitrogens with one attached hydrogen (secondary N) is 1. The van der Waals surface area contributed by atoms with Crippen LogP contribution in [-0.4, -0.2) is 15.9 Å². The van der Waals surface area contributed by atoms with Gasteiger partial charge in [-0.15, -0.1) is 0 Å². The third-order valence-corrected chi connectivity index (χ3v) is 6.65. The number of carbonyl (C=O) groups excluding carboxylic acids is 1. The van der Waals surface area contributed by atoms with Crippen LogP contribution >= 0.6 is 0 Å². The zero-order valence-electron chi connectivity index (χ0n) is 18.4. The number of pyridine rings is 2. The molecule has 1 amide bonds. The fourth-order valence-electron chi connectivity index (χ4n) is 5.20. The zero-order valence-corrected chi connectivity index (χ0v) is 18.4. The van der Waals surface area contributed by atoms with Gasteiger partial charge >= 0.3 is 0 Å². The second kappa shape index (κ2) is 8.45. The molecule has 4 rings (SSSR count). The smallest absolute Gasteiger partial charge is 0.268 e. The van der Waals surface area contributed by atoms with E-state index < -0.39 is 17.5 Å². The highest BCUT2D eigenvalue weighted by Gasteiger charge is 2.35. The number of amides is 1. The normalized spacial score (nSPS) is 21.2. The summed E-state index contributed by atoms with van der Waals surface area (Å²) in [5.74, 6) is -2.31. The van der Waals surface area contributed by atoms with E-state index in [0.29, 0.717) is 17.0 Å². The average Bonchev–Trinajstić information content (AvgIpc) is 2.74. The predicted octanol–water partition coefficient (Wildman–Crippen LogP) is 5.11. The lowest BCUT2D eigenvalue weighted by Gasteiger charge is -2.37. The molecule has 168 valence electrons. The van der Waals surface area contributed by atoms with E-state index in [9.17, 15) is 18.4 Å². The van der Waals surface area contributed by atoms with Crippen LogP contribution in [-0.2, 0) is 0 Å². The molecule has 1 fully saturated rings. The number of fused-ring (bicyclic) bond motifs is 1. The van der Waals surface area contributed by atoms with Crippen molar-refractivity contribution in [1.29, 1.82) is 0 Å². The van der Waals surface area contributed by atoms with Crippen molar-refractivity contribution in [3.8, 4) is 0 Å². The Bertz CT molecular complexity index is 1250. The summed E-state index contributed by atoms with van der Waals surface area (Å²) in [5, 5.41) is 0.167. The van der Waals surface area contributed by atoms with Crippen molar-refractivity contribution in [3.63, 3.8) is 0 Å². The van der Waals surface area contributed by atoms with Gasteiger partial charge in [0.2, 0.25) is 0 Å². The van der Waals surface area contributed by atoms with Gasteiger partial charge in [-0.25, -0.2) is 8.78 Å². The third kappa shape index (κ3) is 3.80. The Morgan fingerprint density at radius 2 is 1.94 bits per heavy atom. The van der Waals surface area contributed by atoms with Gasteiger partial charge in [-0.3, -0.25) is 14.6 Å². The Labute approximate surface area is 185 Å². The fraction of sp³-hybridized carbons (Fsp3) is 0.400. The molecule has 2 heterocycles. The SMILES string of the molecule is CC(C)c1c(C2C[C@H](C)CC[C@@H]2c2cc(=O)c3c(C(N)=O)nccc3[nH]2)ccc(F)c1F. The van der Waals surface area contributed by atoms with Gasteiger partial charge in [0.15, 0.2) is 17.1 Å². The minimum atomic E-state index is -0.844. The molecule has 0 aliphatic heterocycles. The van der Waals surface area contributed by atoms with Gasteiger partial charge in [-0.2, -0.15) is 0 Å². The van der Waals surface area contributed by atoms with Crippen LogP contribution in [0.15, 0.2) is 35.3 Å². The molecule has 0 bridgehead atoms. The Kier molecular flexibility index (Phi) is 5.84. The number of primary amides is 1. The number of nitrogens with zero attached hydrogens (tertiary/aromatic N) is 1. The number of H-pyrrole nitrogens is 1. The summed E-state index contributed by atoms with van der Waals surface area (Å²) in [4.78, 5) is 32.0. The average molecular weight is 440 g/mol. The monoisotopic (exact) mass is 439 g/mol. The largest absolute Gasteiger partial charge is 0.364 e. The number of hydrogen-bond acceptors (Lipinski definition) is 3. The molecule has 3 N–H and O–H groups in total. The summed E-state index contributed by atoms with van der Waals surface area (Å²) >= 11 is 0. The van der Waals surface area contributed by atoms with Gasteiger partial charge in [-0.1, -0.05) is 33.3 Å². The molecule has 3 atom stereocenters. The van der Waals surface area contributed by atoms with Crippen molar-refractivity contribution in [2.45, 2.75) is 57.8 Å². The third-order valence-electron chi connectivity index (χ3n) is 6.65. The second-order valence-electron chi connectivity index (χ2n) is 9.19. The first-order valence-corrected chi connectivity index (χ1v) is 11.0. The van der Waals surface area contributed by atoms with Gasteiger partial charge in [0.1, 0.15) is 5.69 Å². The summed E-state index contributed by atoms with van der Waals surface area (Å²) in [6, 6.07) is 6.03. The molecule has 1 aromatic carbocycles. The Hall–Kier alpha value is -3.09. The first kappa shape index (κ1) is 22.1. The van der Waals surface area contributed by atoms with Gasteiger partial charge in [0, 0.05) is 23.9 Å². The summed E-state index contributed by atoms with van der Waals surface area (Å²) < 4.78 is 28.9. The molecule has 2 aromatic heterocycles. The van der Waals surface area contributed by atoms with Crippen LogP contribution < -0.4 is 11.2 Å². The lowest BCUT2D eigenvalue weighted by Crippen LogP contribution is -2.25. The number of halogens is 2. The van der Waals surface area contributed by atoms with Crippen LogP contribution in [0.3, 0.4) is 0 Å². The molecule has 5 nitrogen and oxygen atoms in total. The van der Waals surface area contributed by atoms with E-state index in [1.807, 2.05) is 13.8 Å². The molecular formula is C25H27F2N3O2. The maximum atomic E-state index is 14.8. The van der Waals surface area contributed by atoms with E-state index in [-0.39, 0.29) is 34.3 Å². The molecule has 0 saturated heterocycles. The van der Waals surface area contributed by atoms with Crippen LogP contribution in [0.5, 0.6) is 0 Å². The van der Waals surface area contributed by atoms with Gasteiger partial charge in [-0.05, 0) is 53.9 Å². The number of carbonyl (C=O) groups is 1. The molecular weight excluding hydrogens is 412 g/mol. The molecule has 0 radical (unpaired) electrons. The van der Waals surface area contributed by atoms with Crippen LogP contribution in [0.25, 0.3) is 10.9 Å². The van der Waals surface area contributed by atoms with Gasteiger partial charge < -0.3 is 10.7 Å². The van der Waals surface area contributed by atoms with Crippen molar-refractivity contribution in [2.24, 2.45) is 11.7 Å². The van der Waals surface area contributed by atoms with Gasteiger partial charge in [0.05, 0.1) is 10.9 Å². The minimum absolute atomic E-state index is 0.0631. The van der Waals surface area contributed by atoms with Crippen molar-refractivity contribution < 1.29 is 13.6 Å². The molecule has 1 unspecified atom stereocenters. The first-order chi connectivity index (χ1) is 15.2. The van der Waals surface area contributed by atoms with E-state index in [4.69, 9.17) is 5.73 Å². The summed E-state index contributed by atoms with van der Waals surface area (Å²) in [6.45, 7) is 5.88. The Morgan fingerprint density at radius 3 is 2.62 bits per heavy atom. The standard InChI is InChI=1S/C25H27F2N3O2/c1-12(2)21-15(6-7-17(26)23(21)27)16-10-13(3)4-5-14(16)19-11-20(31)22-18(30-19)8-9-29-24(22)25(28)32/h6-9,11-14,16H,4-5,10H2,1-3H3,(H2,28,32)(H,30,31)/t13-,14+,16?/m1/s1. The van der Waals surface area contributed by atoms with E-state index in [1.165, 1.54) is 18.3 Å². The molecule has 3 aromatic rings. The molecule has 7 heteroatoms. The number of aromatic amines is 1. The highest BCUT2D eigenvalue weighted by atomic mass is 19.2. The van der Waals surface area contributed by atoms with Crippen molar-refractivity contribution in [1.82, 2.24) is 9.97 Å². The maximum Gasteiger partial charge on any atom is 0.268 e. The number of nitrogens with two attached hydrogens (primary N) is 1. The Balaban J connectivity index is 1.88. The summed E-state index contributed by atoms with van der Waals surface area (Å²) in [5.41, 5.74) is 7.41. The van der Waals surface area contributed by atoms with Crippen LogP contribution in [0.1, 0.15) is 85.1 Å². The van der Waals surface area contributed by atoms with Crippen LogP contribution in [0.4, 0.5) is 8.78 Å². The number of aromatic nitrogens is 2. The summed E-state index contributed by atoms with van der Waals surface area (Å²) in [6.07, 6.45) is 4.01. The highest BCUT2D eigenvalue weighted by Crippen LogP contribution is 2.48. The topological polar surface area (TPSA) is 88.8 Å². The zero-order chi connectivity index (χ0) is 23.2. The highest BCUT2D eigenvalue weighted by molar-refractivity contribution is 6.03. The number of benzene rings is 1. The summed E-state index contributed by atoms with van der Waals surface area (Å²) in [7, 11) is 0. The first-order valence-electron chi connectivity index (χ1n) is 11.0. The van der Waals surface area contributed by atoms with E-state index in [2.05, 4.69) is 16.9 Å². The lowest BCUT2D eigenvalue weighted by molar-refractivity contribution is 0.0997. The quantitative estimate of drug-likeness (QED) is 0.592. The van der Waals surface area contributed by atoms with E-state index in [1.54, 1.807) is 12.1 Å². The van der Waals surface area contributed by atoms with Crippen LogP contribution in [0.2, 0.25) is 0 Å². The van der Waals surface area contributed by atoms with Crippen molar-refractivity contribution in [3.05, 3.63) is 74.8 Å². The number of hydrogen-bond donors (Lipinski definition) is 2. The maximum absolute atomic E-state index is 14.8. The molecule has 0 spiro atoms. The van der Waals surface area contributed by atoms with Crippen molar-refractivity contribution in [2.75, 3.05) is 0 Å². The van der Waals surface area contributed by atoms with Crippen molar-refractivity contribution >= 4 is 16.8 Å². The molecule has 1 aliphatic rings.